The molecule has 0 bridgehead atoms. The quantitative estimate of drug-likeness (QED) is 0.840. The maximum atomic E-state index is 12.2. The number of ether oxygens (including phenoxy) is 1. The first-order valence-electron chi connectivity index (χ1n) is 7.72. The average Bonchev–Trinajstić information content (AvgIpc) is 3.19. The summed E-state index contributed by atoms with van der Waals surface area (Å²) < 4.78 is 7.32. The fraction of sp³-hybridized carbons (Fsp3) is 0.733. The lowest BCUT2D eigenvalue weighted by atomic mass is 9.96. The Bertz CT molecular complexity index is 515. The number of fused-ring (bicyclic) bond motifs is 1. The van der Waals surface area contributed by atoms with Crippen molar-refractivity contribution in [1.82, 2.24) is 14.7 Å². The molecule has 5 nitrogen and oxygen atoms in total. The van der Waals surface area contributed by atoms with Gasteiger partial charge >= 0.3 is 0 Å². The van der Waals surface area contributed by atoms with E-state index in [4.69, 9.17) is 4.74 Å². The number of carbonyl (C=O) groups excluding carboxylic acids is 1. The van der Waals surface area contributed by atoms with Crippen molar-refractivity contribution in [3.05, 3.63) is 17.5 Å². The molecule has 1 aromatic heterocycles. The molecule has 4 rings (SSSR count). The Hall–Kier alpha value is -1.36. The number of hydrogen-bond donors (Lipinski definition) is 0. The van der Waals surface area contributed by atoms with Crippen LogP contribution in [0.3, 0.4) is 0 Å². The predicted octanol–water partition coefficient (Wildman–Crippen LogP) is 1.53. The molecule has 2 aliphatic heterocycles. The highest BCUT2D eigenvalue weighted by molar-refractivity contribution is 5.77. The predicted molar refractivity (Wildman–Crippen MR) is 73.2 cm³/mol. The Morgan fingerprint density at radius 1 is 1.20 bits per heavy atom. The fourth-order valence-corrected chi connectivity index (χ4v) is 3.23. The summed E-state index contributed by atoms with van der Waals surface area (Å²) in [6, 6.07) is 2.21. The van der Waals surface area contributed by atoms with Crippen LogP contribution >= 0.6 is 0 Å². The summed E-state index contributed by atoms with van der Waals surface area (Å²) >= 11 is 0. The van der Waals surface area contributed by atoms with Gasteiger partial charge in [-0.15, -0.1) is 0 Å². The third-order valence-corrected chi connectivity index (χ3v) is 4.69. The molecule has 1 saturated heterocycles. The number of aromatic nitrogens is 2. The highest BCUT2D eigenvalue weighted by Gasteiger charge is 2.31. The second kappa shape index (κ2) is 4.88. The normalized spacial score (nSPS) is 24.0. The number of amides is 1. The zero-order valence-electron chi connectivity index (χ0n) is 11.8. The summed E-state index contributed by atoms with van der Waals surface area (Å²) in [6.45, 7) is 3.77. The Morgan fingerprint density at radius 3 is 2.75 bits per heavy atom. The lowest BCUT2D eigenvalue weighted by molar-refractivity contribution is -0.134. The molecule has 5 heteroatoms. The molecule has 1 aromatic rings. The first-order chi connectivity index (χ1) is 9.79. The minimum Gasteiger partial charge on any atom is -0.381 e. The number of hydrogen-bond acceptors (Lipinski definition) is 3. The largest absolute Gasteiger partial charge is 0.381 e. The van der Waals surface area contributed by atoms with Gasteiger partial charge in [0.2, 0.25) is 5.91 Å². The van der Waals surface area contributed by atoms with E-state index >= 15 is 0 Å². The van der Waals surface area contributed by atoms with Gasteiger partial charge in [0.05, 0.1) is 17.9 Å². The van der Waals surface area contributed by atoms with Crippen LogP contribution in [-0.2, 0) is 22.6 Å². The lowest BCUT2D eigenvalue weighted by Gasteiger charge is -2.27. The molecule has 108 valence electrons. The van der Waals surface area contributed by atoms with Gasteiger partial charge < -0.3 is 9.64 Å². The first-order valence-corrected chi connectivity index (χ1v) is 7.72. The zero-order chi connectivity index (χ0) is 13.5. The van der Waals surface area contributed by atoms with Crippen LogP contribution < -0.4 is 0 Å². The summed E-state index contributed by atoms with van der Waals surface area (Å²) in [5.74, 6) is 1.49. The van der Waals surface area contributed by atoms with Crippen LogP contribution in [0.25, 0.3) is 0 Å². The maximum absolute atomic E-state index is 12.2. The van der Waals surface area contributed by atoms with Crippen LogP contribution in [0.2, 0.25) is 0 Å². The fourth-order valence-electron chi connectivity index (χ4n) is 3.23. The van der Waals surface area contributed by atoms with E-state index < -0.39 is 0 Å². The van der Waals surface area contributed by atoms with Crippen LogP contribution in [0.4, 0.5) is 0 Å². The third-order valence-electron chi connectivity index (χ3n) is 4.69. The molecule has 0 aromatic carbocycles. The van der Waals surface area contributed by atoms with Crippen molar-refractivity contribution in [3.63, 3.8) is 0 Å². The molecule has 0 radical (unpaired) electrons. The summed E-state index contributed by atoms with van der Waals surface area (Å²) in [5.41, 5.74) is 2.36. The topological polar surface area (TPSA) is 47.4 Å². The number of carbonyl (C=O) groups is 1. The highest BCUT2D eigenvalue weighted by atomic mass is 16.5. The van der Waals surface area contributed by atoms with E-state index in [0.717, 1.165) is 50.8 Å². The SMILES string of the molecule is O=C1Cn2nc(C3CCOCC3)cc2CN1CC1CC1. The van der Waals surface area contributed by atoms with Crippen molar-refractivity contribution in [2.75, 3.05) is 19.8 Å². The summed E-state index contributed by atoms with van der Waals surface area (Å²) in [5, 5.41) is 4.67. The van der Waals surface area contributed by atoms with E-state index in [-0.39, 0.29) is 5.91 Å². The average molecular weight is 275 g/mol. The maximum Gasteiger partial charge on any atom is 0.244 e. The van der Waals surface area contributed by atoms with Gasteiger partial charge in [0.1, 0.15) is 6.54 Å². The van der Waals surface area contributed by atoms with Crippen molar-refractivity contribution in [1.29, 1.82) is 0 Å². The molecule has 0 unspecified atom stereocenters. The highest BCUT2D eigenvalue weighted by Crippen LogP contribution is 2.32. The van der Waals surface area contributed by atoms with Crippen LogP contribution in [0.1, 0.15) is 43.0 Å². The molecule has 1 saturated carbocycles. The molecule has 3 heterocycles. The summed E-state index contributed by atoms with van der Waals surface area (Å²) in [4.78, 5) is 14.2. The van der Waals surface area contributed by atoms with Crippen molar-refractivity contribution >= 4 is 5.91 Å². The van der Waals surface area contributed by atoms with Crippen LogP contribution in [0.5, 0.6) is 0 Å². The van der Waals surface area contributed by atoms with E-state index in [1.807, 2.05) is 9.58 Å². The molecule has 0 spiro atoms. The van der Waals surface area contributed by atoms with Crippen molar-refractivity contribution in [2.45, 2.75) is 44.7 Å². The monoisotopic (exact) mass is 275 g/mol. The molecule has 0 N–H and O–H groups in total. The Labute approximate surface area is 118 Å². The molecule has 2 fully saturated rings. The van der Waals surface area contributed by atoms with Gasteiger partial charge in [-0.2, -0.15) is 5.10 Å². The van der Waals surface area contributed by atoms with Crippen LogP contribution in [-0.4, -0.2) is 40.3 Å². The van der Waals surface area contributed by atoms with Gasteiger partial charge in [-0.1, -0.05) is 0 Å². The van der Waals surface area contributed by atoms with E-state index in [0.29, 0.717) is 12.5 Å². The van der Waals surface area contributed by atoms with Gasteiger partial charge in [0.25, 0.3) is 0 Å². The Kier molecular flexibility index (Phi) is 3.02. The van der Waals surface area contributed by atoms with Gasteiger partial charge in [0.15, 0.2) is 0 Å². The number of rotatable bonds is 3. The number of nitrogens with zero attached hydrogens (tertiary/aromatic N) is 3. The molecule has 20 heavy (non-hydrogen) atoms. The zero-order valence-corrected chi connectivity index (χ0v) is 11.8. The Balaban J connectivity index is 1.51. The second-order valence-electron chi connectivity index (χ2n) is 6.32. The molecule has 1 aliphatic carbocycles. The van der Waals surface area contributed by atoms with Gasteiger partial charge in [-0.25, -0.2) is 0 Å². The molecule has 0 atom stereocenters. The molecule has 1 amide bonds. The standard InChI is InChI=1S/C15H21N3O2/c19-15-10-18-13(9-17(15)8-11-1-2-11)7-14(16-18)12-3-5-20-6-4-12/h7,11-12H,1-6,8-10H2. The molecular weight excluding hydrogens is 254 g/mol. The molecule has 3 aliphatic rings. The van der Waals surface area contributed by atoms with Crippen molar-refractivity contribution < 1.29 is 9.53 Å². The third kappa shape index (κ3) is 2.35. The molecular formula is C15H21N3O2. The van der Waals surface area contributed by atoms with E-state index in [9.17, 15) is 4.79 Å². The minimum atomic E-state index is 0.228. The van der Waals surface area contributed by atoms with Crippen LogP contribution in [0.15, 0.2) is 6.07 Å². The minimum absolute atomic E-state index is 0.228. The van der Waals surface area contributed by atoms with Gasteiger partial charge in [0, 0.05) is 25.7 Å². The first kappa shape index (κ1) is 12.4. The smallest absolute Gasteiger partial charge is 0.244 e. The lowest BCUT2D eigenvalue weighted by Crippen LogP contribution is -2.40. The van der Waals surface area contributed by atoms with Gasteiger partial charge in [-0.3, -0.25) is 9.48 Å². The van der Waals surface area contributed by atoms with Crippen LogP contribution in [0, 0.1) is 5.92 Å². The summed E-state index contributed by atoms with van der Waals surface area (Å²) in [7, 11) is 0. The second-order valence-corrected chi connectivity index (χ2v) is 6.32. The van der Waals surface area contributed by atoms with E-state index in [1.165, 1.54) is 18.5 Å². The summed E-state index contributed by atoms with van der Waals surface area (Å²) in [6.07, 6.45) is 4.68. The van der Waals surface area contributed by atoms with E-state index in [1.54, 1.807) is 0 Å². The van der Waals surface area contributed by atoms with Crippen molar-refractivity contribution in [3.8, 4) is 0 Å². The van der Waals surface area contributed by atoms with E-state index in [2.05, 4.69) is 11.2 Å². The van der Waals surface area contributed by atoms with Gasteiger partial charge in [-0.05, 0) is 37.7 Å². The Morgan fingerprint density at radius 2 is 2.00 bits per heavy atom. The van der Waals surface area contributed by atoms with Crippen molar-refractivity contribution in [2.24, 2.45) is 5.92 Å².